The van der Waals surface area contributed by atoms with Gasteiger partial charge in [-0.3, -0.25) is 4.79 Å². The van der Waals surface area contributed by atoms with Crippen LogP contribution in [-0.4, -0.2) is 31.6 Å². The number of benzene rings is 1. The van der Waals surface area contributed by atoms with E-state index in [0.717, 1.165) is 34.7 Å². The minimum Gasteiger partial charge on any atom is -0.462 e. The summed E-state index contributed by atoms with van der Waals surface area (Å²) in [5, 5.41) is 12.7. The topological polar surface area (TPSA) is 82.4 Å². The van der Waals surface area contributed by atoms with E-state index in [1.807, 2.05) is 45.0 Å². The second-order valence-corrected chi connectivity index (χ2v) is 8.80. The van der Waals surface area contributed by atoms with Crippen LogP contribution in [0.5, 0.6) is 0 Å². The van der Waals surface area contributed by atoms with Gasteiger partial charge in [-0.25, -0.2) is 4.79 Å². The Morgan fingerprint density at radius 3 is 2.58 bits per heavy atom. The smallest absolute Gasteiger partial charge is 0.341 e. The summed E-state index contributed by atoms with van der Waals surface area (Å²) >= 11 is 1.30. The van der Waals surface area contributed by atoms with Crippen LogP contribution >= 0.6 is 11.3 Å². The molecule has 2 heterocycles. The molecule has 0 saturated carbocycles. The Labute approximate surface area is 187 Å². The second kappa shape index (κ2) is 9.80. The van der Waals surface area contributed by atoms with Crippen molar-refractivity contribution in [2.24, 2.45) is 0 Å². The molecular formula is C24H27N3O3S. The fourth-order valence-corrected chi connectivity index (χ4v) is 4.77. The van der Waals surface area contributed by atoms with Crippen molar-refractivity contribution in [1.82, 2.24) is 0 Å². The predicted molar refractivity (Wildman–Crippen MR) is 125 cm³/mol. The van der Waals surface area contributed by atoms with Gasteiger partial charge < -0.3 is 15.0 Å². The Kier molecular flexibility index (Phi) is 7.13. The molecule has 0 spiro atoms. The Bertz CT molecular complexity index is 1070. The van der Waals surface area contributed by atoms with Gasteiger partial charge in [-0.05, 0) is 75.4 Å². The van der Waals surface area contributed by atoms with E-state index in [0.29, 0.717) is 10.6 Å². The molecule has 1 N–H and O–H groups in total. The standard InChI is InChI=1S/C24H27N3O3S/c1-5-30-24(29)21-16(3)17(4)31-23(21)26-22(28)19(14-25)13-18-8-9-20(15(2)12-18)27-10-6-7-11-27/h8-9,12-13H,5-7,10-11H2,1-4H3,(H,26,28)/b19-13-. The Hall–Kier alpha value is -3.11. The van der Waals surface area contributed by atoms with Crippen LogP contribution in [0.25, 0.3) is 6.08 Å². The molecule has 31 heavy (non-hydrogen) atoms. The van der Waals surface area contributed by atoms with Crippen LogP contribution in [0.1, 0.15) is 51.7 Å². The molecule has 2 aromatic rings. The highest BCUT2D eigenvalue weighted by atomic mass is 32.1. The molecule has 1 amide bonds. The van der Waals surface area contributed by atoms with Gasteiger partial charge in [0.1, 0.15) is 16.6 Å². The van der Waals surface area contributed by atoms with E-state index in [2.05, 4.69) is 10.2 Å². The second-order valence-electron chi connectivity index (χ2n) is 7.57. The Morgan fingerprint density at radius 1 is 1.26 bits per heavy atom. The van der Waals surface area contributed by atoms with E-state index < -0.39 is 11.9 Å². The van der Waals surface area contributed by atoms with Gasteiger partial charge in [0.2, 0.25) is 0 Å². The van der Waals surface area contributed by atoms with Gasteiger partial charge in [0.15, 0.2) is 0 Å². The number of amides is 1. The number of hydrogen-bond acceptors (Lipinski definition) is 6. The number of hydrogen-bond donors (Lipinski definition) is 1. The maximum absolute atomic E-state index is 12.8. The van der Waals surface area contributed by atoms with Crippen LogP contribution < -0.4 is 10.2 Å². The summed E-state index contributed by atoms with van der Waals surface area (Å²) in [6.45, 7) is 9.84. The lowest BCUT2D eigenvalue weighted by atomic mass is 10.1. The average molecular weight is 438 g/mol. The molecule has 0 unspecified atom stereocenters. The lowest BCUT2D eigenvalue weighted by Gasteiger charge is -2.20. The number of aryl methyl sites for hydroxylation is 2. The Morgan fingerprint density at radius 2 is 1.97 bits per heavy atom. The van der Waals surface area contributed by atoms with E-state index in [9.17, 15) is 14.9 Å². The first-order valence-electron chi connectivity index (χ1n) is 10.4. The van der Waals surface area contributed by atoms with Crippen LogP contribution in [-0.2, 0) is 9.53 Å². The van der Waals surface area contributed by atoms with Gasteiger partial charge in [-0.1, -0.05) is 6.07 Å². The van der Waals surface area contributed by atoms with E-state index >= 15 is 0 Å². The zero-order chi connectivity index (χ0) is 22.5. The van der Waals surface area contributed by atoms with Crippen LogP contribution in [0, 0.1) is 32.1 Å². The van der Waals surface area contributed by atoms with Crippen molar-refractivity contribution in [3.8, 4) is 6.07 Å². The van der Waals surface area contributed by atoms with Crippen molar-refractivity contribution in [1.29, 1.82) is 5.26 Å². The quantitative estimate of drug-likeness (QED) is 0.391. The molecule has 1 aliphatic rings. The average Bonchev–Trinajstić information content (AvgIpc) is 3.35. The number of ether oxygens (including phenoxy) is 1. The third kappa shape index (κ3) is 4.97. The number of esters is 1. The summed E-state index contributed by atoms with van der Waals surface area (Å²) in [5.74, 6) is -1.02. The van der Waals surface area contributed by atoms with Gasteiger partial charge >= 0.3 is 5.97 Å². The van der Waals surface area contributed by atoms with Crippen molar-refractivity contribution >= 4 is 40.0 Å². The van der Waals surface area contributed by atoms with Gasteiger partial charge in [-0.15, -0.1) is 11.3 Å². The highest BCUT2D eigenvalue weighted by Crippen LogP contribution is 2.33. The van der Waals surface area contributed by atoms with Crippen molar-refractivity contribution in [3.63, 3.8) is 0 Å². The first kappa shape index (κ1) is 22.6. The molecule has 1 aromatic heterocycles. The summed E-state index contributed by atoms with van der Waals surface area (Å²) in [6.07, 6.45) is 3.98. The van der Waals surface area contributed by atoms with Crippen LogP contribution in [0.4, 0.5) is 10.7 Å². The Balaban J connectivity index is 1.83. The maximum atomic E-state index is 12.8. The SMILES string of the molecule is CCOC(=O)c1c(NC(=O)/C(C#N)=C\c2ccc(N3CCCC3)c(C)c2)sc(C)c1C. The third-order valence-corrected chi connectivity index (χ3v) is 6.56. The molecule has 1 aliphatic heterocycles. The summed E-state index contributed by atoms with van der Waals surface area (Å²) in [6, 6.07) is 7.94. The third-order valence-electron chi connectivity index (χ3n) is 5.44. The van der Waals surface area contributed by atoms with Crippen molar-refractivity contribution in [2.45, 2.75) is 40.5 Å². The molecule has 0 aliphatic carbocycles. The molecule has 0 bridgehead atoms. The summed E-state index contributed by atoms with van der Waals surface area (Å²) in [4.78, 5) is 28.4. The normalized spacial score (nSPS) is 13.8. The molecule has 162 valence electrons. The zero-order valence-corrected chi connectivity index (χ0v) is 19.2. The highest BCUT2D eigenvalue weighted by Gasteiger charge is 2.23. The largest absolute Gasteiger partial charge is 0.462 e. The fourth-order valence-electron chi connectivity index (χ4n) is 3.73. The highest BCUT2D eigenvalue weighted by molar-refractivity contribution is 7.16. The first-order valence-corrected chi connectivity index (χ1v) is 11.2. The van der Waals surface area contributed by atoms with Crippen LogP contribution in [0.3, 0.4) is 0 Å². The summed E-state index contributed by atoms with van der Waals surface area (Å²) in [7, 11) is 0. The van der Waals surface area contributed by atoms with Gasteiger partial charge in [-0.2, -0.15) is 5.26 Å². The number of anilines is 2. The number of thiophene rings is 1. The lowest BCUT2D eigenvalue weighted by molar-refractivity contribution is -0.112. The van der Waals surface area contributed by atoms with Crippen LogP contribution in [0.15, 0.2) is 23.8 Å². The van der Waals surface area contributed by atoms with E-state index in [1.165, 1.54) is 29.9 Å². The number of nitrogens with zero attached hydrogens (tertiary/aromatic N) is 2. The number of carbonyl (C=O) groups is 2. The molecule has 6 nitrogen and oxygen atoms in total. The van der Waals surface area contributed by atoms with Gasteiger partial charge in [0, 0.05) is 23.7 Å². The molecule has 0 radical (unpaired) electrons. The number of nitrogens with one attached hydrogen (secondary N) is 1. The van der Waals surface area contributed by atoms with E-state index in [4.69, 9.17) is 4.74 Å². The fraction of sp³-hybridized carbons (Fsp3) is 0.375. The molecule has 1 fully saturated rings. The molecule has 1 saturated heterocycles. The number of carbonyl (C=O) groups excluding carboxylic acids is 2. The summed E-state index contributed by atoms with van der Waals surface area (Å²) in [5.41, 5.74) is 4.20. The minimum absolute atomic E-state index is 0.0214. The zero-order valence-electron chi connectivity index (χ0n) is 18.4. The monoisotopic (exact) mass is 437 g/mol. The molecule has 1 aromatic carbocycles. The van der Waals surface area contributed by atoms with E-state index in [1.54, 1.807) is 13.0 Å². The maximum Gasteiger partial charge on any atom is 0.341 e. The van der Waals surface area contributed by atoms with Crippen LogP contribution in [0.2, 0.25) is 0 Å². The molecule has 3 rings (SSSR count). The minimum atomic E-state index is -0.546. The lowest BCUT2D eigenvalue weighted by Crippen LogP contribution is -2.18. The molecule has 7 heteroatoms. The van der Waals surface area contributed by atoms with Crippen molar-refractivity contribution < 1.29 is 14.3 Å². The number of rotatable bonds is 6. The first-order chi connectivity index (χ1) is 14.8. The van der Waals surface area contributed by atoms with E-state index in [-0.39, 0.29) is 12.2 Å². The van der Waals surface area contributed by atoms with Gasteiger partial charge in [0.05, 0.1) is 12.2 Å². The van der Waals surface area contributed by atoms with Crippen molar-refractivity contribution in [2.75, 3.05) is 29.9 Å². The van der Waals surface area contributed by atoms with Crippen molar-refractivity contribution in [3.05, 3.63) is 50.9 Å². The molecular weight excluding hydrogens is 410 g/mol. The molecule has 0 atom stereocenters. The van der Waals surface area contributed by atoms with Gasteiger partial charge in [0.25, 0.3) is 5.91 Å². The predicted octanol–water partition coefficient (Wildman–Crippen LogP) is 5.00. The summed E-state index contributed by atoms with van der Waals surface area (Å²) < 4.78 is 5.13. The number of nitriles is 1.